The fraction of sp³-hybridized carbons (Fsp3) is 0.385. The van der Waals surface area contributed by atoms with Gasteiger partial charge >= 0.3 is 12.0 Å². The second kappa shape index (κ2) is 5.97. The van der Waals surface area contributed by atoms with Crippen LogP contribution < -0.4 is 10.6 Å². The molecule has 0 bridgehead atoms. The fourth-order valence-electron chi connectivity index (χ4n) is 2.10. The Bertz CT molecular complexity index is 591. The van der Waals surface area contributed by atoms with E-state index in [0.717, 1.165) is 18.6 Å². The number of aliphatic carboxylic acids is 1. The summed E-state index contributed by atoms with van der Waals surface area (Å²) in [6.45, 7) is -0.0468. The van der Waals surface area contributed by atoms with Crippen LogP contribution in [0.4, 0.5) is 19.3 Å². The minimum Gasteiger partial charge on any atom is -0.481 e. The van der Waals surface area contributed by atoms with Gasteiger partial charge in [0, 0.05) is 12.6 Å². The molecular formula is C13H13BrF2N2O3. The molecule has 2 rings (SSSR count). The number of hydrogen-bond acceptors (Lipinski definition) is 2. The van der Waals surface area contributed by atoms with Gasteiger partial charge in [0.25, 0.3) is 0 Å². The zero-order chi connectivity index (χ0) is 15.6. The highest BCUT2D eigenvalue weighted by Gasteiger charge is 2.44. The van der Waals surface area contributed by atoms with E-state index in [1.165, 1.54) is 0 Å². The molecule has 0 saturated heterocycles. The molecule has 0 aliphatic heterocycles. The van der Waals surface area contributed by atoms with Crippen LogP contribution in [0.1, 0.15) is 19.3 Å². The second-order valence-corrected chi connectivity index (χ2v) is 5.85. The predicted molar refractivity (Wildman–Crippen MR) is 75.0 cm³/mol. The highest BCUT2D eigenvalue weighted by atomic mass is 79.9. The van der Waals surface area contributed by atoms with Crippen molar-refractivity contribution in [2.45, 2.75) is 19.3 Å². The standard InChI is InChI=1S/C13H13BrF2N2O3/c14-7-4-9(16)10(5-8(7)15)18-12(21)17-6-13(11(19)20)2-1-3-13/h4-5H,1-3,6H2,(H,19,20)(H2,17,18,21). The molecule has 1 saturated carbocycles. The molecule has 1 aliphatic carbocycles. The molecule has 1 aliphatic rings. The van der Waals surface area contributed by atoms with Gasteiger partial charge in [0.05, 0.1) is 15.6 Å². The van der Waals surface area contributed by atoms with Crippen LogP contribution in [0, 0.1) is 17.0 Å². The first-order valence-electron chi connectivity index (χ1n) is 6.27. The number of hydrogen-bond donors (Lipinski definition) is 3. The molecule has 3 N–H and O–H groups in total. The number of carboxylic acid groups (broad SMARTS) is 1. The summed E-state index contributed by atoms with van der Waals surface area (Å²) in [5.74, 6) is -2.47. The van der Waals surface area contributed by atoms with Crippen LogP contribution in [0.3, 0.4) is 0 Å². The molecular weight excluding hydrogens is 350 g/mol. The van der Waals surface area contributed by atoms with E-state index >= 15 is 0 Å². The van der Waals surface area contributed by atoms with E-state index < -0.39 is 29.0 Å². The number of urea groups is 1. The van der Waals surface area contributed by atoms with Crippen molar-refractivity contribution in [3.05, 3.63) is 28.2 Å². The average Bonchev–Trinajstić information content (AvgIpc) is 2.34. The molecule has 0 heterocycles. The van der Waals surface area contributed by atoms with Crippen molar-refractivity contribution < 1.29 is 23.5 Å². The lowest BCUT2D eigenvalue weighted by atomic mass is 9.69. The number of anilines is 1. The van der Waals surface area contributed by atoms with Crippen molar-refractivity contribution in [2.75, 3.05) is 11.9 Å². The van der Waals surface area contributed by atoms with Gasteiger partial charge in [-0.2, -0.15) is 0 Å². The molecule has 1 aromatic carbocycles. The summed E-state index contributed by atoms with van der Waals surface area (Å²) in [6.07, 6.45) is 1.77. The highest BCUT2D eigenvalue weighted by Crippen LogP contribution is 2.40. The van der Waals surface area contributed by atoms with Crippen LogP contribution in [-0.4, -0.2) is 23.7 Å². The summed E-state index contributed by atoms with van der Waals surface area (Å²) in [5.41, 5.74) is -1.26. The maximum absolute atomic E-state index is 13.5. The number of halogens is 3. The van der Waals surface area contributed by atoms with Gasteiger partial charge in [0.2, 0.25) is 0 Å². The van der Waals surface area contributed by atoms with Crippen molar-refractivity contribution in [2.24, 2.45) is 5.41 Å². The number of amides is 2. The minimum atomic E-state index is -0.963. The molecule has 1 aromatic rings. The van der Waals surface area contributed by atoms with Gasteiger partial charge in [-0.3, -0.25) is 4.79 Å². The van der Waals surface area contributed by atoms with Gasteiger partial charge < -0.3 is 15.7 Å². The maximum atomic E-state index is 13.5. The molecule has 0 spiro atoms. The number of benzene rings is 1. The maximum Gasteiger partial charge on any atom is 0.319 e. The van der Waals surface area contributed by atoms with Gasteiger partial charge in [-0.15, -0.1) is 0 Å². The molecule has 5 nitrogen and oxygen atoms in total. The van der Waals surface area contributed by atoms with Crippen molar-refractivity contribution in [1.82, 2.24) is 5.32 Å². The quantitative estimate of drug-likeness (QED) is 0.720. The Morgan fingerprint density at radius 3 is 2.48 bits per heavy atom. The van der Waals surface area contributed by atoms with E-state index in [2.05, 4.69) is 26.6 Å². The summed E-state index contributed by atoms with van der Waals surface area (Å²) in [6, 6.07) is 0.966. The summed E-state index contributed by atoms with van der Waals surface area (Å²) >= 11 is 2.83. The SMILES string of the molecule is O=C(NCC1(C(=O)O)CCC1)Nc1cc(F)c(Br)cc1F. The summed E-state index contributed by atoms with van der Waals surface area (Å²) in [7, 11) is 0. The molecule has 0 atom stereocenters. The first-order chi connectivity index (χ1) is 9.84. The molecule has 8 heteroatoms. The third-order valence-corrected chi connectivity index (χ3v) is 4.22. The van der Waals surface area contributed by atoms with Crippen molar-refractivity contribution in [1.29, 1.82) is 0 Å². The van der Waals surface area contributed by atoms with Crippen LogP contribution in [-0.2, 0) is 4.79 Å². The van der Waals surface area contributed by atoms with Gasteiger partial charge in [-0.1, -0.05) is 6.42 Å². The lowest BCUT2D eigenvalue weighted by Gasteiger charge is -2.37. The molecule has 0 unspecified atom stereocenters. The Balaban J connectivity index is 1.96. The zero-order valence-electron chi connectivity index (χ0n) is 10.9. The van der Waals surface area contributed by atoms with Gasteiger partial charge in [-0.05, 0) is 34.8 Å². The van der Waals surface area contributed by atoms with Crippen LogP contribution >= 0.6 is 15.9 Å². The largest absolute Gasteiger partial charge is 0.481 e. The Hall–Kier alpha value is -1.70. The van der Waals surface area contributed by atoms with E-state index in [-0.39, 0.29) is 16.7 Å². The van der Waals surface area contributed by atoms with Crippen molar-refractivity contribution >= 4 is 33.6 Å². The Kier molecular flexibility index (Phi) is 4.46. The third-order valence-electron chi connectivity index (χ3n) is 3.61. The van der Waals surface area contributed by atoms with E-state index in [4.69, 9.17) is 5.11 Å². The number of carbonyl (C=O) groups is 2. The van der Waals surface area contributed by atoms with E-state index in [9.17, 15) is 18.4 Å². The molecule has 1 fully saturated rings. The van der Waals surface area contributed by atoms with Crippen molar-refractivity contribution in [3.8, 4) is 0 Å². The van der Waals surface area contributed by atoms with Crippen LogP contribution in [0.5, 0.6) is 0 Å². The number of rotatable bonds is 4. The summed E-state index contributed by atoms with van der Waals surface area (Å²) < 4.78 is 26.8. The molecule has 0 radical (unpaired) electrons. The third kappa shape index (κ3) is 3.31. The number of carbonyl (C=O) groups excluding carboxylic acids is 1. The van der Waals surface area contributed by atoms with E-state index in [1.807, 2.05) is 0 Å². The van der Waals surface area contributed by atoms with Gasteiger partial charge in [0.1, 0.15) is 11.6 Å². The molecule has 2 amide bonds. The Morgan fingerprint density at radius 1 is 1.29 bits per heavy atom. The number of carboxylic acids is 1. The first kappa shape index (κ1) is 15.7. The van der Waals surface area contributed by atoms with E-state index in [0.29, 0.717) is 12.8 Å². The minimum absolute atomic E-state index is 0.0468. The van der Waals surface area contributed by atoms with Crippen LogP contribution in [0.2, 0.25) is 0 Å². The second-order valence-electron chi connectivity index (χ2n) is 4.99. The fourth-order valence-corrected chi connectivity index (χ4v) is 2.42. The topological polar surface area (TPSA) is 78.4 Å². The number of nitrogens with one attached hydrogen (secondary N) is 2. The predicted octanol–water partition coefficient (Wildman–Crippen LogP) is 3.10. The first-order valence-corrected chi connectivity index (χ1v) is 7.06. The normalized spacial score (nSPS) is 16.0. The van der Waals surface area contributed by atoms with Crippen LogP contribution in [0.15, 0.2) is 16.6 Å². The lowest BCUT2D eigenvalue weighted by molar-refractivity contribution is -0.153. The molecule has 21 heavy (non-hydrogen) atoms. The molecule has 114 valence electrons. The monoisotopic (exact) mass is 362 g/mol. The Labute approximate surface area is 127 Å². The van der Waals surface area contributed by atoms with Crippen LogP contribution in [0.25, 0.3) is 0 Å². The van der Waals surface area contributed by atoms with Gasteiger partial charge in [0.15, 0.2) is 0 Å². The van der Waals surface area contributed by atoms with E-state index in [1.54, 1.807) is 0 Å². The Morgan fingerprint density at radius 2 is 1.95 bits per heavy atom. The smallest absolute Gasteiger partial charge is 0.319 e. The zero-order valence-corrected chi connectivity index (χ0v) is 12.5. The summed E-state index contributed by atoms with van der Waals surface area (Å²) in [4.78, 5) is 22.8. The summed E-state index contributed by atoms with van der Waals surface area (Å²) in [5, 5.41) is 13.7. The van der Waals surface area contributed by atoms with Gasteiger partial charge in [-0.25, -0.2) is 13.6 Å². The molecule has 0 aromatic heterocycles. The highest BCUT2D eigenvalue weighted by molar-refractivity contribution is 9.10. The average molecular weight is 363 g/mol. The lowest BCUT2D eigenvalue weighted by Crippen LogP contribution is -2.48. The van der Waals surface area contributed by atoms with Crippen molar-refractivity contribution in [3.63, 3.8) is 0 Å².